The van der Waals surface area contributed by atoms with E-state index in [0.29, 0.717) is 0 Å². The SMILES string of the molecule is CCO[Si]1(OCC)CCCCN1CCN=C1CCCCC1. The molecular weight excluding hydrogens is 280 g/mol. The van der Waals surface area contributed by atoms with Crippen LogP contribution in [0.4, 0.5) is 0 Å². The maximum absolute atomic E-state index is 6.16. The van der Waals surface area contributed by atoms with Crippen molar-refractivity contribution in [3.8, 4) is 0 Å². The van der Waals surface area contributed by atoms with E-state index < -0.39 is 8.72 Å². The molecule has 0 bridgehead atoms. The lowest BCUT2D eigenvalue weighted by Gasteiger charge is -2.42. The van der Waals surface area contributed by atoms with Gasteiger partial charge in [0.1, 0.15) is 0 Å². The molecule has 2 fully saturated rings. The molecule has 0 atom stereocenters. The van der Waals surface area contributed by atoms with Gasteiger partial charge in [-0.2, -0.15) is 0 Å². The van der Waals surface area contributed by atoms with Gasteiger partial charge in [-0.1, -0.05) is 6.42 Å². The van der Waals surface area contributed by atoms with E-state index >= 15 is 0 Å². The first kappa shape index (κ1) is 17.1. The maximum Gasteiger partial charge on any atom is 0.427 e. The minimum absolute atomic E-state index is 0.761. The van der Waals surface area contributed by atoms with Crippen molar-refractivity contribution in [3.05, 3.63) is 0 Å². The molecule has 2 aliphatic rings. The first-order valence-electron chi connectivity index (χ1n) is 8.86. The Morgan fingerprint density at radius 3 is 2.38 bits per heavy atom. The van der Waals surface area contributed by atoms with E-state index in [-0.39, 0.29) is 0 Å². The molecule has 0 radical (unpaired) electrons. The Morgan fingerprint density at radius 2 is 1.71 bits per heavy atom. The lowest BCUT2D eigenvalue weighted by Crippen LogP contribution is -2.61. The van der Waals surface area contributed by atoms with Crippen LogP contribution in [-0.4, -0.2) is 51.8 Å². The number of hydrogen-bond donors (Lipinski definition) is 0. The van der Waals surface area contributed by atoms with E-state index in [2.05, 4.69) is 18.4 Å². The fourth-order valence-corrected chi connectivity index (χ4v) is 7.12. The van der Waals surface area contributed by atoms with Gasteiger partial charge < -0.3 is 8.85 Å². The molecule has 0 aromatic carbocycles. The summed E-state index contributed by atoms with van der Waals surface area (Å²) < 4.78 is 14.8. The van der Waals surface area contributed by atoms with Crippen LogP contribution in [0.15, 0.2) is 4.99 Å². The van der Waals surface area contributed by atoms with Gasteiger partial charge in [-0.3, -0.25) is 9.56 Å². The fraction of sp³-hybridized carbons (Fsp3) is 0.938. The van der Waals surface area contributed by atoms with Gasteiger partial charge in [0.2, 0.25) is 0 Å². The molecule has 0 spiro atoms. The molecule has 0 aromatic heterocycles. The van der Waals surface area contributed by atoms with Gasteiger partial charge in [0.05, 0.1) is 6.54 Å². The highest BCUT2D eigenvalue weighted by atomic mass is 28.4. The number of aliphatic imine (C=N–C) groups is 1. The summed E-state index contributed by atoms with van der Waals surface area (Å²) in [5, 5.41) is 0. The summed E-state index contributed by atoms with van der Waals surface area (Å²) in [6.45, 7) is 8.75. The Bertz CT molecular complexity index is 317. The largest absolute Gasteiger partial charge is 0.427 e. The molecule has 0 unspecified atom stereocenters. The zero-order valence-corrected chi connectivity index (χ0v) is 14.9. The van der Waals surface area contributed by atoms with Crippen LogP contribution in [0.1, 0.15) is 58.8 Å². The summed E-state index contributed by atoms with van der Waals surface area (Å²) in [6, 6.07) is 1.12. The Kier molecular flexibility index (Phi) is 7.36. The summed E-state index contributed by atoms with van der Waals surface area (Å²) in [5.74, 6) is 0. The first-order chi connectivity index (χ1) is 10.3. The van der Waals surface area contributed by atoms with Crippen LogP contribution in [0.3, 0.4) is 0 Å². The zero-order valence-electron chi connectivity index (χ0n) is 13.9. The van der Waals surface area contributed by atoms with E-state index in [1.807, 2.05) is 0 Å². The number of nitrogens with zero attached hydrogens (tertiary/aromatic N) is 2. The van der Waals surface area contributed by atoms with Gasteiger partial charge in [-0.25, -0.2) is 0 Å². The van der Waals surface area contributed by atoms with E-state index in [9.17, 15) is 0 Å². The van der Waals surface area contributed by atoms with Crippen LogP contribution in [-0.2, 0) is 8.85 Å². The third-order valence-electron chi connectivity index (χ3n) is 4.53. The van der Waals surface area contributed by atoms with Crippen LogP contribution < -0.4 is 0 Å². The van der Waals surface area contributed by atoms with Crippen molar-refractivity contribution in [3.63, 3.8) is 0 Å². The highest BCUT2D eigenvalue weighted by Crippen LogP contribution is 2.27. The second-order valence-electron chi connectivity index (χ2n) is 6.03. The molecule has 1 heterocycles. The molecule has 122 valence electrons. The average molecular weight is 313 g/mol. The minimum atomic E-state index is -2.13. The molecule has 0 aromatic rings. The quantitative estimate of drug-likeness (QED) is 0.675. The van der Waals surface area contributed by atoms with Crippen LogP contribution in [0.2, 0.25) is 6.04 Å². The molecule has 2 rings (SSSR count). The van der Waals surface area contributed by atoms with Crippen molar-refractivity contribution in [2.45, 2.75) is 64.8 Å². The van der Waals surface area contributed by atoms with Crippen LogP contribution in [0, 0.1) is 0 Å². The van der Waals surface area contributed by atoms with E-state index in [4.69, 9.17) is 13.8 Å². The van der Waals surface area contributed by atoms with E-state index in [1.54, 1.807) is 0 Å². The van der Waals surface area contributed by atoms with Gasteiger partial charge in [0, 0.05) is 31.5 Å². The molecule has 1 aliphatic heterocycles. The molecule has 1 saturated heterocycles. The predicted octanol–water partition coefficient (Wildman–Crippen LogP) is 3.50. The topological polar surface area (TPSA) is 34.1 Å². The summed E-state index contributed by atoms with van der Waals surface area (Å²) >= 11 is 0. The second kappa shape index (κ2) is 9.03. The van der Waals surface area contributed by atoms with Crippen LogP contribution in [0.25, 0.3) is 0 Å². The minimum Gasteiger partial charge on any atom is -0.383 e. The zero-order chi connectivity index (χ0) is 15.0. The highest BCUT2D eigenvalue weighted by molar-refractivity contribution is 6.64. The van der Waals surface area contributed by atoms with Crippen molar-refractivity contribution in [1.29, 1.82) is 0 Å². The predicted molar refractivity (Wildman–Crippen MR) is 90.0 cm³/mol. The Hall–Kier alpha value is -0.233. The molecule has 5 heteroatoms. The van der Waals surface area contributed by atoms with Gasteiger partial charge in [-0.05, 0) is 58.9 Å². The molecule has 0 amide bonds. The maximum atomic E-state index is 6.16. The summed E-state index contributed by atoms with van der Waals surface area (Å²) in [6.07, 6.45) is 9.01. The van der Waals surface area contributed by atoms with Crippen LogP contribution in [0.5, 0.6) is 0 Å². The van der Waals surface area contributed by atoms with Gasteiger partial charge in [0.25, 0.3) is 0 Å². The normalized spacial score (nSPS) is 23.2. The fourth-order valence-electron chi connectivity index (χ4n) is 3.53. The van der Waals surface area contributed by atoms with Gasteiger partial charge in [0.15, 0.2) is 0 Å². The monoisotopic (exact) mass is 312 g/mol. The van der Waals surface area contributed by atoms with Gasteiger partial charge in [-0.15, -0.1) is 0 Å². The lowest BCUT2D eigenvalue weighted by atomic mass is 9.99. The second-order valence-corrected chi connectivity index (χ2v) is 9.17. The standard InChI is InChI=1S/C16H32N2O2Si/c1-3-19-21(20-4-2)15-9-8-13-18(21)14-12-17-16-10-6-5-7-11-16/h3-15H2,1-2H3. The molecule has 1 aliphatic carbocycles. The van der Waals surface area contributed by atoms with E-state index in [1.165, 1.54) is 50.7 Å². The van der Waals surface area contributed by atoms with Crippen molar-refractivity contribution in [1.82, 2.24) is 4.57 Å². The summed E-state index contributed by atoms with van der Waals surface area (Å²) in [7, 11) is -2.13. The first-order valence-corrected chi connectivity index (χ1v) is 10.8. The van der Waals surface area contributed by atoms with Crippen molar-refractivity contribution in [2.75, 3.05) is 32.8 Å². The third kappa shape index (κ3) is 4.88. The number of hydrogen-bond acceptors (Lipinski definition) is 4. The van der Waals surface area contributed by atoms with Crippen LogP contribution >= 0.6 is 0 Å². The lowest BCUT2D eigenvalue weighted by molar-refractivity contribution is 0.110. The summed E-state index contributed by atoms with van der Waals surface area (Å²) in [4.78, 5) is 4.85. The molecule has 21 heavy (non-hydrogen) atoms. The smallest absolute Gasteiger partial charge is 0.383 e. The highest BCUT2D eigenvalue weighted by Gasteiger charge is 2.46. The Balaban J connectivity index is 1.90. The Labute approximate surface area is 131 Å². The molecular formula is C16H32N2O2Si. The van der Waals surface area contributed by atoms with Crippen molar-refractivity contribution in [2.24, 2.45) is 4.99 Å². The van der Waals surface area contributed by atoms with Crippen molar-refractivity contribution < 1.29 is 8.85 Å². The van der Waals surface area contributed by atoms with E-state index in [0.717, 1.165) is 38.9 Å². The number of rotatable bonds is 7. The third-order valence-corrected chi connectivity index (χ3v) is 8.40. The van der Waals surface area contributed by atoms with Crippen molar-refractivity contribution >= 4 is 14.4 Å². The van der Waals surface area contributed by atoms with Gasteiger partial charge >= 0.3 is 8.72 Å². The molecule has 4 nitrogen and oxygen atoms in total. The molecule has 1 saturated carbocycles. The molecule has 0 N–H and O–H groups in total. The summed E-state index contributed by atoms with van der Waals surface area (Å²) in [5.41, 5.74) is 1.44. The average Bonchev–Trinajstić information content (AvgIpc) is 2.51. The Morgan fingerprint density at radius 1 is 1.00 bits per heavy atom.